The van der Waals surface area contributed by atoms with Gasteiger partial charge in [0.25, 0.3) is 0 Å². The maximum Gasteiger partial charge on any atom is 0.573 e. The van der Waals surface area contributed by atoms with Crippen LogP contribution in [0.2, 0.25) is 0 Å². The van der Waals surface area contributed by atoms with Crippen LogP contribution in [0.3, 0.4) is 0 Å². The number of hydrogen-bond acceptors (Lipinski definition) is 4. The first-order valence-electron chi connectivity index (χ1n) is 5.19. The van der Waals surface area contributed by atoms with E-state index in [4.69, 9.17) is 4.74 Å². The Kier molecular flexibility index (Phi) is 3.84. The number of aromatic nitrogens is 2. The molecule has 0 aliphatic carbocycles. The van der Waals surface area contributed by atoms with E-state index in [1.54, 1.807) is 0 Å². The highest BCUT2D eigenvalue weighted by molar-refractivity contribution is 5.38. The Morgan fingerprint density at radius 3 is 2.79 bits per heavy atom. The number of hydrogen-bond donors (Lipinski definition) is 0. The molecular formula is C12H8F3N2O2. The fourth-order valence-electron chi connectivity index (χ4n) is 1.27. The van der Waals surface area contributed by atoms with Crippen molar-refractivity contribution in [1.82, 2.24) is 9.97 Å². The van der Waals surface area contributed by atoms with E-state index in [2.05, 4.69) is 20.8 Å². The van der Waals surface area contributed by atoms with Crippen LogP contribution in [-0.4, -0.2) is 16.3 Å². The lowest BCUT2D eigenvalue weighted by atomic mass is 10.3. The molecule has 0 fully saturated rings. The Bertz CT molecular complexity index is 532. The van der Waals surface area contributed by atoms with Gasteiger partial charge in [0.2, 0.25) is 0 Å². The van der Waals surface area contributed by atoms with Crippen LogP contribution in [0.4, 0.5) is 13.2 Å². The number of alkyl halides is 3. The average molecular weight is 269 g/mol. The van der Waals surface area contributed by atoms with Crippen molar-refractivity contribution in [2.45, 2.75) is 13.0 Å². The molecule has 1 aromatic carbocycles. The lowest BCUT2D eigenvalue weighted by molar-refractivity contribution is -0.275. The second kappa shape index (κ2) is 5.55. The van der Waals surface area contributed by atoms with Crippen LogP contribution < -0.4 is 9.47 Å². The van der Waals surface area contributed by atoms with Crippen molar-refractivity contribution in [2.24, 2.45) is 0 Å². The SMILES string of the molecule is FC(F)(F)Oc1[c]cccc1OCc1cnccn1. The number of benzene rings is 1. The van der Waals surface area contributed by atoms with Crippen molar-refractivity contribution in [3.8, 4) is 11.5 Å². The molecule has 2 aromatic rings. The number of ether oxygens (including phenoxy) is 2. The van der Waals surface area contributed by atoms with Crippen LogP contribution in [0.25, 0.3) is 0 Å². The smallest absolute Gasteiger partial charge is 0.483 e. The quantitative estimate of drug-likeness (QED) is 0.856. The summed E-state index contributed by atoms with van der Waals surface area (Å²) < 4.78 is 45.5. The largest absolute Gasteiger partial charge is 0.573 e. The monoisotopic (exact) mass is 269 g/mol. The molecule has 0 amide bonds. The van der Waals surface area contributed by atoms with Gasteiger partial charge in [0.05, 0.1) is 11.9 Å². The summed E-state index contributed by atoms with van der Waals surface area (Å²) >= 11 is 0. The summed E-state index contributed by atoms with van der Waals surface area (Å²) in [6.07, 6.45) is -0.389. The lowest BCUT2D eigenvalue weighted by Gasteiger charge is -2.13. The highest BCUT2D eigenvalue weighted by Gasteiger charge is 2.32. The summed E-state index contributed by atoms with van der Waals surface area (Å²) in [5.74, 6) is -0.579. The van der Waals surface area contributed by atoms with Gasteiger partial charge in [-0.3, -0.25) is 9.97 Å². The Balaban J connectivity index is 2.08. The van der Waals surface area contributed by atoms with E-state index in [0.717, 1.165) is 0 Å². The molecule has 1 radical (unpaired) electrons. The van der Waals surface area contributed by atoms with E-state index in [-0.39, 0.29) is 12.4 Å². The summed E-state index contributed by atoms with van der Waals surface area (Å²) in [5, 5.41) is 0. The molecule has 1 heterocycles. The minimum absolute atomic E-state index is 0.0140. The Morgan fingerprint density at radius 1 is 1.26 bits per heavy atom. The molecule has 4 nitrogen and oxygen atoms in total. The third-order valence-electron chi connectivity index (χ3n) is 1.99. The third-order valence-corrected chi connectivity index (χ3v) is 1.99. The minimum atomic E-state index is -4.79. The summed E-state index contributed by atoms with van der Waals surface area (Å²) in [5.41, 5.74) is 0.490. The van der Waals surface area contributed by atoms with Gasteiger partial charge >= 0.3 is 6.36 Å². The molecule has 19 heavy (non-hydrogen) atoms. The molecule has 0 aliphatic rings. The molecule has 0 saturated carbocycles. The average Bonchev–Trinajstić information content (AvgIpc) is 2.37. The molecule has 99 valence electrons. The Morgan fingerprint density at radius 2 is 2.11 bits per heavy atom. The molecule has 7 heteroatoms. The van der Waals surface area contributed by atoms with Crippen LogP contribution in [0.1, 0.15) is 5.69 Å². The molecule has 0 atom stereocenters. The van der Waals surface area contributed by atoms with Gasteiger partial charge in [-0.05, 0) is 6.07 Å². The van der Waals surface area contributed by atoms with Crippen LogP contribution in [0.5, 0.6) is 11.5 Å². The van der Waals surface area contributed by atoms with Gasteiger partial charge in [0, 0.05) is 18.5 Å². The van der Waals surface area contributed by atoms with E-state index in [9.17, 15) is 13.2 Å². The molecule has 0 N–H and O–H groups in total. The van der Waals surface area contributed by atoms with Gasteiger partial charge < -0.3 is 9.47 Å². The fraction of sp³-hybridized carbons (Fsp3) is 0.167. The van der Waals surface area contributed by atoms with Gasteiger partial charge in [-0.25, -0.2) is 0 Å². The summed E-state index contributed by atoms with van der Waals surface area (Å²) in [7, 11) is 0. The third kappa shape index (κ3) is 4.13. The predicted octanol–water partition coefficient (Wildman–Crippen LogP) is 2.75. The molecule has 2 rings (SSSR count). The normalized spacial score (nSPS) is 11.1. The van der Waals surface area contributed by atoms with Gasteiger partial charge in [0.15, 0.2) is 11.5 Å². The molecular weight excluding hydrogens is 261 g/mol. The second-order valence-corrected chi connectivity index (χ2v) is 3.40. The molecule has 0 aliphatic heterocycles. The minimum Gasteiger partial charge on any atom is -0.483 e. The van der Waals surface area contributed by atoms with Gasteiger partial charge in [-0.1, -0.05) is 12.1 Å². The van der Waals surface area contributed by atoms with E-state index < -0.39 is 12.1 Å². The summed E-state index contributed by atoms with van der Waals surface area (Å²) in [6, 6.07) is 6.48. The fourth-order valence-corrected chi connectivity index (χ4v) is 1.27. The number of para-hydroxylation sites is 1. The van der Waals surface area contributed by atoms with E-state index in [1.807, 2.05) is 0 Å². The van der Waals surface area contributed by atoms with Gasteiger partial charge in [0.1, 0.15) is 6.61 Å². The Labute approximate surface area is 106 Å². The van der Waals surface area contributed by atoms with Gasteiger partial charge in [-0.2, -0.15) is 0 Å². The highest BCUT2D eigenvalue weighted by Crippen LogP contribution is 2.31. The molecule has 0 saturated heterocycles. The number of halogens is 3. The van der Waals surface area contributed by atoms with E-state index in [0.29, 0.717) is 5.69 Å². The first kappa shape index (κ1) is 13.1. The second-order valence-electron chi connectivity index (χ2n) is 3.40. The molecule has 0 bridgehead atoms. The van der Waals surface area contributed by atoms with Crippen molar-refractivity contribution >= 4 is 0 Å². The number of rotatable bonds is 4. The molecule has 0 spiro atoms. The first-order valence-corrected chi connectivity index (χ1v) is 5.19. The predicted molar refractivity (Wildman–Crippen MR) is 58.3 cm³/mol. The maximum absolute atomic E-state index is 12.2. The molecule has 1 aromatic heterocycles. The zero-order valence-corrected chi connectivity index (χ0v) is 9.52. The summed E-state index contributed by atoms with van der Waals surface area (Å²) in [4.78, 5) is 7.75. The van der Waals surface area contributed by atoms with E-state index >= 15 is 0 Å². The zero-order valence-electron chi connectivity index (χ0n) is 9.52. The summed E-state index contributed by atoms with van der Waals surface area (Å²) in [6.45, 7) is -0.0140. The number of nitrogens with zero attached hydrogens (tertiary/aromatic N) is 2. The standard InChI is InChI=1S/C12H8F3N2O2/c13-12(14,15)19-11-4-2-1-3-10(11)18-8-9-7-16-5-6-17-9/h1-3,5-7H,8H2. The van der Waals surface area contributed by atoms with Crippen LogP contribution in [0, 0.1) is 6.07 Å². The van der Waals surface area contributed by atoms with Crippen molar-refractivity contribution in [1.29, 1.82) is 0 Å². The first-order chi connectivity index (χ1) is 9.04. The Hall–Kier alpha value is -2.31. The lowest BCUT2D eigenvalue weighted by Crippen LogP contribution is -2.17. The molecule has 0 unspecified atom stereocenters. The van der Waals surface area contributed by atoms with Crippen molar-refractivity contribution in [3.05, 3.63) is 48.5 Å². The van der Waals surface area contributed by atoms with Crippen LogP contribution >= 0.6 is 0 Å². The van der Waals surface area contributed by atoms with Crippen LogP contribution in [-0.2, 0) is 6.61 Å². The van der Waals surface area contributed by atoms with E-state index in [1.165, 1.54) is 36.8 Å². The highest BCUT2D eigenvalue weighted by atomic mass is 19.4. The van der Waals surface area contributed by atoms with Crippen molar-refractivity contribution in [3.63, 3.8) is 0 Å². The topological polar surface area (TPSA) is 44.2 Å². The van der Waals surface area contributed by atoms with Crippen LogP contribution in [0.15, 0.2) is 36.8 Å². The maximum atomic E-state index is 12.2. The van der Waals surface area contributed by atoms with Crippen molar-refractivity contribution < 1.29 is 22.6 Å². The van der Waals surface area contributed by atoms with Crippen molar-refractivity contribution in [2.75, 3.05) is 0 Å². The zero-order chi connectivity index (χ0) is 13.7. The van der Waals surface area contributed by atoms with Gasteiger partial charge in [-0.15, -0.1) is 13.2 Å².